The van der Waals surface area contributed by atoms with Crippen molar-refractivity contribution in [2.75, 3.05) is 24.2 Å². The smallest absolute Gasteiger partial charge is 0.316 e. The zero-order valence-corrected chi connectivity index (χ0v) is 18.8. The van der Waals surface area contributed by atoms with Crippen LogP contribution in [0.15, 0.2) is 77.0 Å². The van der Waals surface area contributed by atoms with Crippen LogP contribution in [0.5, 0.6) is 5.75 Å². The molecule has 0 spiro atoms. The summed E-state index contributed by atoms with van der Waals surface area (Å²) in [5.41, 5.74) is 6.88. The lowest BCUT2D eigenvalue weighted by Gasteiger charge is -2.10. The van der Waals surface area contributed by atoms with E-state index in [2.05, 4.69) is 25.8 Å². The SMILES string of the molecule is C[C@@H](CO)C(=O)Oc1ccccc1/N=N/c1ccc(NC(=O)CNC(=O)c2ccccc2)nc1N. The second-order valence-corrected chi connectivity index (χ2v) is 7.37. The maximum absolute atomic E-state index is 12.1. The number of carbonyl (C=O) groups is 3. The normalized spacial score (nSPS) is 11.6. The van der Waals surface area contributed by atoms with Crippen molar-refractivity contribution in [2.45, 2.75) is 6.92 Å². The van der Waals surface area contributed by atoms with Gasteiger partial charge in [-0.1, -0.05) is 30.3 Å². The Labute approximate surface area is 201 Å². The minimum atomic E-state index is -0.686. The molecule has 1 heterocycles. The number of azo groups is 1. The molecule has 0 aliphatic rings. The monoisotopic (exact) mass is 476 g/mol. The fourth-order valence-corrected chi connectivity index (χ4v) is 2.68. The summed E-state index contributed by atoms with van der Waals surface area (Å²) in [6.45, 7) is 0.949. The molecule has 0 saturated carbocycles. The molecule has 5 N–H and O–H groups in total. The number of hydrogen-bond donors (Lipinski definition) is 4. The van der Waals surface area contributed by atoms with E-state index in [1.165, 1.54) is 19.1 Å². The van der Waals surface area contributed by atoms with Gasteiger partial charge in [0.25, 0.3) is 5.91 Å². The molecule has 3 rings (SSSR count). The average Bonchev–Trinajstić information content (AvgIpc) is 2.87. The van der Waals surface area contributed by atoms with Crippen LogP contribution in [0.25, 0.3) is 0 Å². The number of para-hydroxylation sites is 1. The Morgan fingerprint density at radius 2 is 1.69 bits per heavy atom. The number of nitrogens with zero attached hydrogens (tertiary/aromatic N) is 3. The molecular formula is C24H24N6O5. The van der Waals surface area contributed by atoms with E-state index in [0.29, 0.717) is 5.56 Å². The van der Waals surface area contributed by atoms with Gasteiger partial charge in [-0.05, 0) is 43.3 Å². The van der Waals surface area contributed by atoms with Crippen LogP contribution >= 0.6 is 0 Å². The lowest BCUT2D eigenvalue weighted by Crippen LogP contribution is -2.33. The predicted octanol–water partition coefficient (Wildman–Crippen LogP) is 2.98. The highest BCUT2D eigenvalue weighted by Gasteiger charge is 2.16. The molecule has 0 saturated heterocycles. The summed E-state index contributed by atoms with van der Waals surface area (Å²) < 4.78 is 5.27. The van der Waals surface area contributed by atoms with Crippen molar-refractivity contribution in [3.8, 4) is 5.75 Å². The summed E-state index contributed by atoms with van der Waals surface area (Å²) in [5, 5.41) is 22.3. The summed E-state index contributed by atoms with van der Waals surface area (Å²) >= 11 is 0. The van der Waals surface area contributed by atoms with Crippen LogP contribution in [0.1, 0.15) is 17.3 Å². The molecular weight excluding hydrogens is 452 g/mol. The number of ether oxygens (including phenoxy) is 1. The fraction of sp³-hybridized carbons (Fsp3) is 0.167. The van der Waals surface area contributed by atoms with E-state index in [9.17, 15) is 14.4 Å². The first kappa shape index (κ1) is 25.0. The molecule has 0 aliphatic carbocycles. The Morgan fingerprint density at radius 1 is 1.00 bits per heavy atom. The van der Waals surface area contributed by atoms with Crippen LogP contribution in [-0.4, -0.2) is 41.0 Å². The number of esters is 1. The van der Waals surface area contributed by atoms with Gasteiger partial charge in [-0.2, -0.15) is 0 Å². The first-order chi connectivity index (χ1) is 16.9. The number of aromatic nitrogens is 1. The zero-order chi connectivity index (χ0) is 25.2. The highest BCUT2D eigenvalue weighted by Crippen LogP contribution is 2.31. The topological polar surface area (TPSA) is 168 Å². The Bertz CT molecular complexity index is 1230. The van der Waals surface area contributed by atoms with Crippen molar-refractivity contribution < 1.29 is 24.2 Å². The van der Waals surface area contributed by atoms with E-state index in [4.69, 9.17) is 15.6 Å². The number of carbonyl (C=O) groups excluding carboxylic acids is 3. The molecule has 0 fully saturated rings. The van der Waals surface area contributed by atoms with Crippen LogP contribution in [0.4, 0.5) is 23.0 Å². The van der Waals surface area contributed by atoms with Gasteiger partial charge in [0.15, 0.2) is 11.6 Å². The molecule has 2 aromatic carbocycles. The lowest BCUT2D eigenvalue weighted by molar-refractivity contribution is -0.139. The minimum Gasteiger partial charge on any atom is -0.424 e. The van der Waals surface area contributed by atoms with Crippen molar-refractivity contribution in [3.05, 3.63) is 72.3 Å². The molecule has 0 bridgehead atoms. The van der Waals surface area contributed by atoms with Gasteiger partial charge in [-0.15, -0.1) is 10.2 Å². The number of rotatable bonds is 9. The number of nitrogens with two attached hydrogens (primary N) is 1. The van der Waals surface area contributed by atoms with Gasteiger partial charge in [-0.3, -0.25) is 14.4 Å². The van der Waals surface area contributed by atoms with Crippen molar-refractivity contribution in [3.63, 3.8) is 0 Å². The molecule has 180 valence electrons. The standard InChI is InChI=1S/C24H24N6O5/c1-15(14-31)24(34)35-19-10-6-5-9-17(19)29-30-18-11-12-20(28-22(18)25)27-21(32)13-26-23(33)16-7-3-2-4-8-16/h2-12,15,31H,13-14H2,1H3,(H,26,33)(H3,25,27,28,32)/b30-29+/t15-/m0/s1. The third kappa shape index (κ3) is 7.17. The minimum absolute atomic E-state index is 0.00301. The average molecular weight is 476 g/mol. The highest BCUT2D eigenvalue weighted by molar-refractivity contribution is 5.99. The zero-order valence-electron chi connectivity index (χ0n) is 18.8. The number of nitrogen functional groups attached to an aromatic ring is 1. The van der Waals surface area contributed by atoms with Crippen LogP contribution in [0, 0.1) is 5.92 Å². The highest BCUT2D eigenvalue weighted by atomic mass is 16.5. The van der Waals surface area contributed by atoms with E-state index in [1.807, 2.05) is 0 Å². The number of pyridine rings is 1. The maximum atomic E-state index is 12.1. The summed E-state index contributed by atoms with van der Waals surface area (Å²) in [4.78, 5) is 40.2. The van der Waals surface area contributed by atoms with Crippen molar-refractivity contribution in [1.29, 1.82) is 0 Å². The number of aliphatic hydroxyl groups is 1. The quantitative estimate of drug-likeness (QED) is 0.209. The number of hydrogen-bond acceptors (Lipinski definition) is 9. The predicted molar refractivity (Wildman–Crippen MR) is 129 cm³/mol. The van der Waals surface area contributed by atoms with Gasteiger partial charge in [0, 0.05) is 5.56 Å². The van der Waals surface area contributed by atoms with E-state index < -0.39 is 17.8 Å². The van der Waals surface area contributed by atoms with Gasteiger partial charge >= 0.3 is 5.97 Å². The number of nitrogens with one attached hydrogen (secondary N) is 2. The second-order valence-electron chi connectivity index (χ2n) is 7.37. The molecule has 0 unspecified atom stereocenters. The third-order valence-corrected chi connectivity index (χ3v) is 4.63. The Hall–Kier alpha value is -4.64. The summed E-state index contributed by atoms with van der Waals surface area (Å²) in [6, 6.07) is 18.0. The van der Waals surface area contributed by atoms with Gasteiger partial charge in [0.2, 0.25) is 5.91 Å². The first-order valence-electron chi connectivity index (χ1n) is 10.6. The molecule has 0 radical (unpaired) electrons. The van der Waals surface area contributed by atoms with Gasteiger partial charge in [0.1, 0.15) is 17.2 Å². The van der Waals surface area contributed by atoms with Crippen molar-refractivity contribution >= 4 is 40.8 Å². The van der Waals surface area contributed by atoms with Crippen LogP contribution in [-0.2, 0) is 9.59 Å². The van der Waals surface area contributed by atoms with Gasteiger partial charge < -0.3 is 26.2 Å². The van der Waals surface area contributed by atoms with Crippen molar-refractivity contribution in [2.24, 2.45) is 16.1 Å². The van der Waals surface area contributed by atoms with E-state index in [-0.39, 0.29) is 47.8 Å². The largest absolute Gasteiger partial charge is 0.424 e. The molecule has 11 heteroatoms. The molecule has 0 aliphatic heterocycles. The number of amides is 2. The Kier molecular flexibility index (Phi) is 8.57. The van der Waals surface area contributed by atoms with E-state index in [1.54, 1.807) is 54.6 Å². The van der Waals surface area contributed by atoms with E-state index in [0.717, 1.165) is 0 Å². The number of aliphatic hydroxyl groups excluding tert-OH is 1. The van der Waals surface area contributed by atoms with Gasteiger partial charge in [-0.25, -0.2) is 4.98 Å². The Balaban J connectivity index is 1.61. The fourth-order valence-electron chi connectivity index (χ4n) is 2.68. The lowest BCUT2D eigenvalue weighted by atomic mass is 10.2. The maximum Gasteiger partial charge on any atom is 0.316 e. The first-order valence-corrected chi connectivity index (χ1v) is 10.6. The van der Waals surface area contributed by atoms with Crippen LogP contribution in [0.3, 0.4) is 0 Å². The van der Waals surface area contributed by atoms with Crippen molar-refractivity contribution in [1.82, 2.24) is 10.3 Å². The molecule has 11 nitrogen and oxygen atoms in total. The molecule has 35 heavy (non-hydrogen) atoms. The summed E-state index contributed by atoms with van der Waals surface area (Å²) in [5.74, 6) is -1.79. The summed E-state index contributed by atoms with van der Waals surface area (Å²) in [6.07, 6.45) is 0. The molecule has 2 amide bonds. The molecule has 1 atom stereocenters. The Morgan fingerprint density at radius 3 is 2.40 bits per heavy atom. The van der Waals surface area contributed by atoms with E-state index >= 15 is 0 Å². The second kappa shape index (κ2) is 12.0. The third-order valence-electron chi connectivity index (χ3n) is 4.63. The summed E-state index contributed by atoms with van der Waals surface area (Å²) in [7, 11) is 0. The number of anilines is 2. The van der Waals surface area contributed by atoms with Crippen LogP contribution < -0.4 is 21.1 Å². The molecule has 3 aromatic rings. The van der Waals surface area contributed by atoms with Crippen LogP contribution in [0.2, 0.25) is 0 Å². The van der Waals surface area contributed by atoms with Gasteiger partial charge in [0.05, 0.1) is 19.1 Å². The number of benzene rings is 2. The molecule has 1 aromatic heterocycles.